The Hall–Kier alpha value is -2.48. The minimum atomic E-state index is -4.86. The first-order valence-corrected chi connectivity index (χ1v) is 10.2. The molecule has 2 aromatic carbocycles. The molecule has 2 aromatic rings. The van der Waals surface area contributed by atoms with Crippen LogP contribution >= 0.6 is 0 Å². The summed E-state index contributed by atoms with van der Waals surface area (Å²) in [6.07, 6.45) is -14.3. The number of alkyl halides is 3. The van der Waals surface area contributed by atoms with Gasteiger partial charge < -0.3 is 39.7 Å². The molecular formula is C22H24F4O8. The smallest absolute Gasteiger partial charge is 0.462 e. The molecule has 0 amide bonds. The average Bonchev–Trinajstić information content (AvgIpc) is 2.76. The predicted octanol–water partition coefficient (Wildman–Crippen LogP) is 1.37. The van der Waals surface area contributed by atoms with Crippen LogP contribution in [-0.4, -0.2) is 68.7 Å². The van der Waals surface area contributed by atoms with Gasteiger partial charge in [-0.05, 0) is 42.3 Å². The highest BCUT2D eigenvalue weighted by Gasteiger charge is 2.46. The minimum absolute atomic E-state index is 0.0771. The molecule has 0 aromatic heterocycles. The van der Waals surface area contributed by atoms with E-state index in [0.717, 1.165) is 18.2 Å². The Labute approximate surface area is 191 Å². The fourth-order valence-corrected chi connectivity index (χ4v) is 3.54. The van der Waals surface area contributed by atoms with Crippen molar-refractivity contribution in [3.8, 4) is 11.5 Å². The van der Waals surface area contributed by atoms with Crippen molar-refractivity contribution in [3.63, 3.8) is 0 Å². The highest BCUT2D eigenvalue weighted by molar-refractivity contribution is 5.42. The van der Waals surface area contributed by atoms with Crippen LogP contribution in [0.15, 0.2) is 36.4 Å². The molecule has 1 aliphatic rings. The Kier molecular flexibility index (Phi) is 8.01. The molecule has 1 aliphatic heterocycles. The Morgan fingerprint density at radius 1 is 1.00 bits per heavy atom. The predicted molar refractivity (Wildman–Crippen MR) is 107 cm³/mol. The molecule has 34 heavy (non-hydrogen) atoms. The molecule has 12 heteroatoms. The lowest BCUT2D eigenvalue weighted by Crippen LogP contribution is -2.61. The average molecular weight is 492 g/mol. The molecule has 188 valence electrons. The van der Waals surface area contributed by atoms with E-state index in [-0.39, 0.29) is 23.3 Å². The number of hydrogen-bond donors (Lipinski definition) is 5. The van der Waals surface area contributed by atoms with E-state index in [1.54, 1.807) is 0 Å². The molecule has 0 aliphatic carbocycles. The third kappa shape index (κ3) is 6.14. The van der Waals surface area contributed by atoms with Gasteiger partial charge in [-0.2, -0.15) is 0 Å². The number of halogens is 4. The van der Waals surface area contributed by atoms with E-state index in [2.05, 4.69) is 4.74 Å². The molecule has 0 spiro atoms. The number of rotatable bonds is 7. The maximum atomic E-state index is 14.9. The van der Waals surface area contributed by atoms with Gasteiger partial charge in [-0.25, -0.2) is 4.39 Å². The third-order valence-corrected chi connectivity index (χ3v) is 5.26. The van der Waals surface area contributed by atoms with E-state index >= 15 is 0 Å². The van der Waals surface area contributed by atoms with Crippen molar-refractivity contribution in [3.05, 3.63) is 58.9 Å². The van der Waals surface area contributed by atoms with Crippen molar-refractivity contribution >= 4 is 0 Å². The Morgan fingerprint density at radius 3 is 2.21 bits per heavy atom. The molecule has 1 saturated heterocycles. The zero-order valence-electron chi connectivity index (χ0n) is 17.8. The van der Waals surface area contributed by atoms with Gasteiger partial charge in [0.05, 0.1) is 12.7 Å². The second-order valence-corrected chi connectivity index (χ2v) is 7.88. The molecule has 1 fully saturated rings. The summed E-state index contributed by atoms with van der Waals surface area (Å²) in [6, 6.07) is 7.01. The summed E-state index contributed by atoms with van der Waals surface area (Å²) in [5.74, 6) is -1.45. The highest BCUT2D eigenvalue weighted by atomic mass is 19.4. The number of aliphatic hydroxyl groups excluding tert-OH is 5. The first-order chi connectivity index (χ1) is 15.9. The molecule has 5 N–H and O–H groups in total. The minimum Gasteiger partial charge on any atom is -0.462 e. The van der Waals surface area contributed by atoms with Gasteiger partial charge in [-0.1, -0.05) is 12.1 Å². The summed E-state index contributed by atoms with van der Waals surface area (Å²) in [4.78, 5) is 0. The van der Waals surface area contributed by atoms with E-state index < -0.39 is 61.3 Å². The van der Waals surface area contributed by atoms with Crippen molar-refractivity contribution < 1.29 is 57.3 Å². The van der Waals surface area contributed by atoms with Gasteiger partial charge in [-0.15, -0.1) is 13.2 Å². The molecule has 0 bridgehead atoms. The summed E-state index contributed by atoms with van der Waals surface area (Å²) in [5, 5.41) is 49.6. The van der Waals surface area contributed by atoms with E-state index in [9.17, 15) is 43.1 Å². The van der Waals surface area contributed by atoms with Crippen LogP contribution in [0.2, 0.25) is 0 Å². The molecule has 1 unspecified atom stereocenters. The molecule has 3 rings (SSSR count). The normalized spacial score (nSPS) is 26.2. The second kappa shape index (κ2) is 10.4. The van der Waals surface area contributed by atoms with Gasteiger partial charge in [-0.3, -0.25) is 0 Å². The van der Waals surface area contributed by atoms with E-state index in [1.165, 1.54) is 25.1 Å². The molecule has 8 nitrogen and oxygen atoms in total. The van der Waals surface area contributed by atoms with Gasteiger partial charge >= 0.3 is 6.36 Å². The number of aliphatic hydroxyl groups is 5. The van der Waals surface area contributed by atoms with Crippen LogP contribution in [0.3, 0.4) is 0 Å². The number of ether oxygens (including phenoxy) is 3. The van der Waals surface area contributed by atoms with Crippen LogP contribution in [0.25, 0.3) is 0 Å². The monoisotopic (exact) mass is 492 g/mol. The van der Waals surface area contributed by atoms with Crippen LogP contribution in [0.5, 0.6) is 11.5 Å². The van der Waals surface area contributed by atoms with Crippen molar-refractivity contribution in [1.82, 2.24) is 0 Å². The molecule has 0 saturated carbocycles. The fourth-order valence-electron chi connectivity index (χ4n) is 3.54. The molecule has 0 radical (unpaired) electrons. The Bertz CT molecular complexity index is 967. The lowest BCUT2D eigenvalue weighted by Gasteiger charge is -2.41. The summed E-state index contributed by atoms with van der Waals surface area (Å²) in [5.41, 5.74) is 0.423. The van der Waals surface area contributed by atoms with Crippen LogP contribution in [-0.2, 0) is 17.8 Å². The SMILES string of the molecule is CC(O)[C@H]1O[C@@H](Oc2cc(CO)cc(F)c2Cc2ccc(OC(F)(F)F)cc2)[C@H](O)[C@@H](O)[C@@H]1O. The van der Waals surface area contributed by atoms with Gasteiger partial charge in [0.15, 0.2) is 0 Å². The summed E-state index contributed by atoms with van der Waals surface area (Å²) in [6.45, 7) is 0.738. The summed E-state index contributed by atoms with van der Waals surface area (Å²) < 4.78 is 66.8. The summed E-state index contributed by atoms with van der Waals surface area (Å²) >= 11 is 0. The third-order valence-electron chi connectivity index (χ3n) is 5.26. The highest BCUT2D eigenvalue weighted by Crippen LogP contribution is 2.32. The van der Waals surface area contributed by atoms with Gasteiger partial charge in [0.1, 0.15) is 41.7 Å². The van der Waals surface area contributed by atoms with Crippen molar-refractivity contribution in [2.45, 2.75) is 63.1 Å². The number of benzene rings is 2. The molecule has 6 atom stereocenters. The van der Waals surface area contributed by atoms with Crippen LogP contribution < -0.4 is 9.47 Å². The standard InChI is InChI=1S/C22H24F4O8/c1-10(28)20-18(30)17(29)19(31)21(33-20)32-16-8-12(9-27)7-15(23)14(16)6-11-2-4-13(5-3-11)34-22(24,25)26/h2-5,7-8,10,17-21,27-31H,6,9H2,1H3/t10?,17-,18-,19+,20+,21+/m0/s1. The lowest BCUT2D eigenvalue weighted by molar-refractivity contribution is -0.286. The molecular weight excluding hydrogens is 468 g/mol. The van der Waals surface area contributed by atoms with Crippen molar-refractivity contribution in [2.24, 2.45) is 0 Å². The van der Waals surface area contributed by atoms with Crippen molar-refractivity contribution in [1.29, 1.82) is 0 Å². The van der Waals surface area contributed by atoms with E-state index in [4.69, 9.17) is 9.47 Å². The number of hydrogen-bond acceptors (Lipinski definition) is 8. The first kappa shape index (κ1) is 26.1. The van der Waals surface area contributed by atoms with Crippen LogP contribution in [0.4, 0.5) is 17.6 Å². The van der Waals surface area contributed by atoms with Gasteiger partial charge in [0.2, 0.25) is 6.29 Å². The van der Waals surface area contributed by atoms with Crippen LogP contribution in [0, 0.1) is 5.82 Å². The second-order valence-electron chi connectivity index (χ2n) is 7.88. The lowest BCUT2D eigenvalue weighted by atomic mass is 9.96. The van der Waals surface area contributed by atoms with Gasteiger partial charge in [0, 0.05) is 12.0 Å². The quantitative estimate of drug-likeness (QED) is 0.367. The maximum Gasteiger partial charge on any atom is 0.573 e. The topological polar surface area (TPSA) is 129 Å². The zero-order valence-corrected chi connectivity index (χ0v) is 17.8. The van der Waals surface area contributed by atoms with Gasteiger partial charge in [0.25, 0.3) is 0 Å². The summed E-state index contributed by atoms with van der Waals surface area (Å²) in [7, 11) is 0. The Balaban J connectivity index is 1.88. The largest absolute Gasteiger partial charge is 0.573 e. The maximum absolute atomic E-state index is 14.9. The Morgan fingerprint density at radius 2 is 1.65 bits per heavy atom. The van der Waals surface area contributed by atoms with E-state index in [1.807, 2.05) is 0 Å². The van der Waals surface area contributed by atoms with Crippen LogP contribution in [0.1, 0.15) is 23.6 Å². The van der Waals surface area contributed by atoms with E-state index in [0.29, 0.717) is 5.56 Å². The fraction of sp³-hybridized carbons (Fsp3) is 0.455. The zero-order chi connectivity index (χ0) is 25.2. The molecule has 1 heterocycles. The van der Waals surface area contributed by atoms with Crippen molar-refractivity contribution in [2.75, 3.05) is 0 Å². The first-order valence-electron chi connectivity index (χ1n) is 10.2.